The van der Waals surface area contributed by atoms with Gasteiger partial charge in [-0.05, 0) is 54.1 Å². The molecule has 0 bridgehead atoms. The molecule has 1 aromatic heterocycles. The third kappa shape index (κ3) is 4.21. The summed E-state index contributed by atoms with van der Waals surface area (Å²) in [6.07, 6.45) is 6.25. The van der Waals surface area contributed by atoms with E-state index in [-0.39, 0.29) is 18.7 Å². The average Bonchev–Trinajstić information content (AvgIpc) is 3.18. The first-order valence-electron chi connectivity index (χ1n) is 8.30. The maximum Gasteiger partial charge on any atom is 0.321 e. The van der Waals surface area contributed by atoms with Gasteiger partial charge >= 0.3 is 6.01 Å². The predicted molar refractivity (Wildman–Crippen MR) is 104 cm³/mol. The Morgan fingerprint density at radius 1 is 1.14 bits per heavy atom. The summed E-state index contributed by atoms with van der Waals surface area (Å²) in [7, 11) is 0. The molecular weight excluding hydrogens is 382 g/mol. The Balaban J connectivity index is 1.37. The lowest BCUT2D eigenvalue weighted by molar-refractivity contribution is -0.111. The molecule has 28 heavy (non-hydrogen) atoms. The van der Waals surface area contributed by atoms with Crippen molar-refractivity contribution in [3.63, 3.8) is 0 Å². The first-order chi connectivity index (χ1) is 13.7. The fourth-order valence-corrected chi connectivity index (χ4v) is 2.76. The third-order valence-corrected chi connectivity index (χ3v) is 4.03. The van der Waals surface area contributed by atoms with Crippen molar-refractivity contribution in [2.75, 3.05) is 12.1 Å². The number of halogens is 1. The number of nitrogens with one attached hydrogen (secondary N) is 1. The molecule has 0 fully saturated rings. The van der Waals surface area contributed by atoms with Crippen LogP contribution in [-0.4, -0.2) is 22.7 Å². The van der Waals surface area contributed by atoms with E-state index in [0.717, 1.165) is 5.56 Å². The van der Waals surface area contributed by atoms with E-state index in [4.69, 9.17) is 25.8 Å². The van der Waals surface area contributed by atoms with Gasteiger partial charge in [-0.3, -0.25) is 4.79 Å². The number of hydrogen-bond donors (Lipinski definition) is 1. The zero-order valence-electron chi connectivity index (χ0n) is 14.5. The van der Waals surface area contributed by atoms with Gasteiger partial charge in [-0.2, -0.15) is 0 Å². The number of fused-ring (bicyclic) bond motifs is 1. The van der Waals surface area contributed by atoms with Crippen LogP contribution in [0.1, 0.15) is 5.56 Å². The summed E-state index contributed by atoms with van der Waals surface area (Å²) in [5.41, 5.74) is 1.36. The van der Waals surface area contributed by atoms with E-state index in [1.165, 1.54) is 6.08 Å². The summed E-state index contributed by atoms with van der Waals surface area (Å²) in [6, 6.07) is 12.3. The number of aromatic nitrogens is 2. The number of nitrogens with zero attached hydrogens (tertiary/aromatic N) is 2. The van der Waals surface area contributed by atoms with Crippen LogP contribution in [0.2, 0.25) is 5.02 Å². The van der Waals surface area contributed by atoms with Gasteiger partial charge in [0.2, 0.25) is 12.7 Å². The van der Waals surface area contributed by atoms with E-state index in [1.54, 1.807) is 60.9 Å². The van der Waals surface area contributed by atoms with Crippen molar-refractivity contribution < 1.29 is 19.0 Å². The molecule has 4 rings (SSSR count). The molecule has 140 valence electrons. The predicted octanol–water partition coefficient (Wildman–Crippen LogP) is 4.30. The van der Waals surface area contributed by atoms with Crippen molar-refractivity contribution in [2.24, 2.45) is 0 Å². The molecule has 1 aliphatic rings. The average molecular weight is 396 g/mol. The molecule has 0 saturated carbocycles. The molecule has 7 nitrogen and oxygen atoms in total. The van der Waals surface area contributed by atoms with Gasteiger partial charge in [0.15, 0.2) is 11.5 Å². The van der Waals surface area contributed by atoms with Crippen LogP contribution in [-0.2, 0) is 4.79 Å². The molecule has 0 atom stereocenters. The second kappa shape index (κ2) is 7.98. The van der Waals surface area contributed by atoms with E-state index >= 15 is 0 Å². The molecule has 1 amide bonds. The Kier molecular flexibility index (Phi) is 5.07. The van der Waals surface area contributed by atoms with Gasteiger partial charge in [0, 0.05) is 24.2 Å². The number of amides is 1. The largest absolute Gasteiger partial charge is 0.454 e. The number of anilines is 1. The number of carbonyl (C=O) groups excluding carboxylic acids is 1. The molecule has 0 radical (unpaired) electrons. The van der Waals surface area contributed by atoms with Gasteiger partial charge in [-0.1, -0.05) is 11.6 Å². The Bertz CT molecular complexity index is 1020. The lowest BCUT2D eigenvalue weighted by Gasteiger charge is -2.05. The van der Waals surface area contributed by atoms with Crippen molar-refractivity contribution in [3.8, 4) is 23.3 Å². The molecule has 0 spiro atoms. The lowest BCUT2D eigenvalue weighted by Crippen LogP contribution is -2.07. The highest BCUT2D eigenvalue weighted by Crippen LogP contribution is 2.40. The summed E-state index contributed by atoms with van der Waals surface area (Å²) >= 11 is 6.13. The highest BCUT2D eigenvalue weighted by molar-refractivity contribution is 6.32. The van der Waals surface area contributed by atoms with E-state index in [1.807, 2.05) is 0 Å². The van der Waals surface area contributed by atoms with Crippen molar-refractivity contribution in [2.45, 2.75) is 0 Å². The van der Waals surface area contributed by atoms with Crippen molar-refractivity contribution in [3.05, 3.63) is 71.5 Å². The minimum atomic E-state index is -0.283. The van der Waals surface area contributed by atoms with Crippen molar-refractivity contribution in [1.82, 2.24) is 9.97 Å². The highest BCUT2D eigenvalue weighted by Gasteiger charge is 2.17. The first-order valence-corrected chi connectivity index (χ1v) is 8.68. The monoisotopic (exact) mass is 395 g/mol. The second-order valence-electron chi connectivity index (χ2n) is 5.72. The molecule has 2 aromatic carbocycles. The molecule has 0 saturated heterocycles. The SMILES string of the molecule is O=C(C=Cc1cc(Cl)c2c(c1)OCO2)Nc1ccc(Oc2ncccn2)cc1. The fraction of sp³-hybridized carbons (Fsp3) is 0.0500. The number of carbonyl (C=O) groups is 1. The zero-order valence-corrected chi connectivity index (χ0v) is 15.2. The van der Waals surface area contributed by atoms with Crippen LogP contribution in [0.5, 0.6) is 23.3 Å². The molecule has 1 N–H and O–H groups in total. The Hall–Kier alpha value is -3.58. The van der Waals surface area contributed by atoms with Crippen LogP contribution in [0.25, 0.3) is 6.08 Å². The van der Waals surface area contributed by atoms with E-state index < -0.39 is 0 Å². The summed E-state index contributed by atoms with van der Waals surface area (Å²) in [5.74, 6) is 1.36. The first kappa shape index (κ1) is 17.8. The van der Waals surface area contributed by atoms with Crippen LogP contribution in [0, 0.1) is 0 Å². The Morgan fingerprint density at radius 2 is 1.93 bits per heavy atom. The van der Waals surface area contributed by atoms with E-state index in [2.05, 4.69) is 15.3 Å². The van der Waals surface area contributed by atoms with Crippen LogP contribution in [0.15, 0.2) is 60.9 Å². The van der Waals surface area contributed by atoms with Crippen LogP contribution >= 0.6 is 11.6 Å². The van der Waals surface area contributed by atoms with E-state index in [9.17, 15) is 4.79 Å². The summed E-state index contributed by atoms with van der Waals surface area (Å²) in [6.45, 7) is 0.138. The normalized spacial score (nSPS) is 12.2. The maximum atomic E-state index is 12.1. The topological polar surface area (TPSA) is 82.6 Å². The van der Waals surface area contributed by atoms with Crippen LogP contribution in [0.3, 0.4) is 0 Å². The van der Waals surface area contributed by atoms with Crippen molar-refractivity contribution in [1.29, 1.82) is 0 Å². The molecule has 1 aliphatic heterocycles. The quantitative estimate of drug-likeness (QED) is 0.648. The minimum absolute atomic E-state index is 0.138. The minimum Gasteiger partial charge on any atom is -0.454 e. The number of rotatable bonds is 5. The molecule has 3 aromatic rings. The number of hydrogen-bond acceptors (Lipinski definition) is 6. The van der Waals surface area contributed by atoms with Gasteiger partial charge < -0.3 is 19.5 Å². The number of benzene rings is 2. The zero-order chi connectivity index (χ0) is 19.3. The highest BCUT2D eigenvalue weighted by atomic mass is 35.5. The van der Waals surface area contributed by atoms with Gasteiger partial charge in [-0.25, -0.2) is 9.97 Å². The Labute approximate surface area is 165 Å². The van der Waals surface area contributed by atoms with Crippen LogP contribution in [0.4, 0.5) is 5.69 Å². The van der Waals surface area contributed by atoms with Gasteiger partial charge in [-0.15, -0.1) is 0 Å². The summed E-state index contributed by atoms with van der Waals surface area (Å²) in [5, 5.41) is 3.21. The fourth-order valence-electron chi connectivity index (χ4n) is 2.49. The van der Waals surface area contributed by atoms with E-state index in [0.29, 0.717) is 28.0 Å². The summed E-state index contributed by atoms with van der Waals surface area (Å²) < 4.78 is 16.1. The molecule has 8 heteroatoms. The lowest BCUT2D eigenvalue weighted by atomic mass is 10.2. The molecule has 2 heterocycles. The van der Waals surface area contributed by atoms with Crippen LogP contribution < -0.4 is 19.5 Å². The molecule has 0 unspecified atom stereocenters. The standard InChI is InChI=1S/C20H14ClN3O4/c21-16-10-13(11-17-19(16)27-12-26-17)2-7-18(25)24-14-3-5-15(6-4-14)28-20-22-8-1-9-23-20/h1-11H,12H2,(H,24,25). The third-order valence-electron chi connectivity index (χ3n) is 3.75. The Morgan fingerprint density at radius 3 is 2.71 bits per heavy atom. The van der Waals surface area contributed by atoms with Crippen molar-refractivity contribution >= 4 is 29.3 Å². The maximum absolute atomic E-state index is 12.1. The summed E-state index contributed by atoms with van der Waals surface area (Å²) in [4.78, 5) is 20.1. The van der Waals surface area contributed by atoms with Gasteiger partial charge in [0.1, 0.15) is 5.75 Å². The molecule has 0 aliphatic carbocycles. The smallest absolute Gasteiger partial charge is 0.321 e. The van der Waals surface area contributed by atoms with Gasteiger partial charge in [0.05, 0.1) is 5.02 Å². The van der Waals surface area contributed by atoms with Gasteiger partial charge in [0.25, 0.3) is 0 Å². The second-order valence-corrected chi connectivity index (χ2v) is 6.12. The molecular formula is C20H14ClN3O4. The number of ether oxygens (including phenoxy) is 3.